The number of phenols is 3. The quantitative estimate of drug-likeness (QED) is 0.0722. The van der Waals surface area contributed by atoms with Crippen molar-refractivity contribution in [2.45, 2.75) is 117 Å². The molecular formula is C71H71N7O7Zn. The molecule has 6 heterocycles. The molecule has 14 rings (SSSR count). The van der Waals surface area contributed by atoms with E-state index in [4.69, 9.17) is 29.9 Å². The summed E-state index contributed by atoms with van der Waals surface area (Å²) in [6.07, 6.45) is 16.2. The summed E-state index contributed by atoms with van der Waals surface area (Å²) in [7, 11) is 0. The molecule has 0 amide bonds. The monoisotopic (exact) mass is 1200 g/mol. The predicted molar refractivity (Wildman–Crippen MR) is 328 cm³/mol. The first-order valence-corrected chi connectivity index (χ1v) is 30.5. The molecule has 86 heavy (non-hydrogen) atoms. The Morgan fingerprint density at radius 2 is 1.23 bits per heavy atom. The minimum atomic E-state index is -0.736. The molecule has 434 valence electrons. The second-order valence-electron chi connectivity index (χ2n) is 25.6. The maximum absolute atomic E-state index is 12.1. The van der Waals surface area contributed by atoms with Crippen molar-refractivity contribution >= 4 is 40.2 Å². The van der Waals surface area contributed by atoms with Gasteiger partial charge in [0.1, 0.15) is 35.3 Å². The maximum Gasteiger partial charge on any atom is 2.00 e. The van der Waals surface area contributed by atoms with Crippen molar-refractivity contribution in [2.24, 2.45) is 46.3 Å². The number of phenolic OH excluding ortho intramolecular Hbond substituents is 3. The van der Waals surface area contributed by atoms with Crippen LogP contribution in [0.15, 0.2) is 128 Å². The summed E-state index contributed by atoms with van der Waals surface area (Å²) in [6.45, 7) is 7.29. The van der Waals surface area contributed by atoms with Crippen molar-refractivity contribution < 1.29 is 54.5 Å². The van der Waals surface area contributed by atoms with Gasteiger partial charge in [0.15, 0.2) is 0 Å². The number of carboxylic acid groups (broad SMARTS) is 1. The summed E-state index contributed by atoms with van der Waals surface area (Å²) in [5.74, 6) is 2.97. The molecule has 0 unspecified atom stereocenters. The number of ether oxygens (including phenoxy) is 1. The van der Waals surface area contributed by atoms with Gasteiger partial charge in [0, 0.05) is 17.8 Å². The molecule has 15 heteroatoms. The molecule has 4 saturated carbocycles. The van der Waals surface area contributed by atoms with Crippen molar-refractivity contribution in [3.63, 3.8) is 0 Å². The molecule has 8 aromatic rings. The zero-order chi connectivity index (χ0) is 58.3. The fraction of sp³-hybridized carbons (Fsp3) is 0.366. The van der Waals surface area contributed by atoms with Gasteiger partial charge in [0.05, 0.1) is 29.7 Å². The van der Waals surface area contributed by atoms with E-state index in [9.17, 15) is 30.3 Å². The molecule has 4 aromatic heterocycles. The van der Waals surface area contributed by atoms with E-state index in [0.29, 0.717) is 88.1 Å². The summed E-state index contributed by atoms with van der Waals surface area (Å²) in [5.41, 5.74) is 12.5. The molecule has 8 bridgehead atoms. The minimum Gasteiger partial charge on any atom is -0.657 e. The van der Waals surface area contributed by atoms with Crippen LogP contribution < -0.4 is 14.7 Å². The van der Waals surface area contributed by atoms with E-state index in [-0.39, 0.29) is 78.6 Å². The second-order valence-corrected chi connectivity index (χ2v) is 25.6. The van der Waals surface area contributed by atoms with Crippen molar-refractivity contribution in [3.8, 4) is 67.5 Å². The topological polar surface area (TPSA) is 212 Å². The van der Waals surface area contributed by atoms with Crippen LogP contribution in [0.4, 0.5) is 0 Å². The Hall–Kier alpha value is -7.87. The average Bonchev–Trinajstić information content (AvgIpc) is 2.53. The number of fused-ring (bicyclic) bond motifs is 13. The van der Waals surface area contributed by atoms with Crippen LogP contribution in [0.1, 0.15) is 119 Å². The molecule has 4 aliphatic carbocycles. The van der Waals surface area contributed by atoms with E-state index in [1.54, 1.807) is 36.4 Å². The first kappa shape index (κ1) is 57.2. The summed E-state index contributed by atoms with van der Waals surface area (Å²) < 4.78 is 8.67. The largest absolute Gasteiger partial charge is 2.00 e. The average molecular weight is 1200 g/mol. The number of aromatic nitrogens is 7. The van der Waals surface area contributed by atoms with Gasteiger partial charge in [-0.2, -0.15) is 0 Å². The zero-order valence-electron chi connectivity index (χ0n) is 49.0. The molecule has 0 saturated heterocycles. The molecule has 5 N–H and O–H groups in total. The SMILES string of the molecule is C[C@H](CCC(=O)O)[C@H]1CC[C@H]2[C@@H]3CC[C@@H]4C[C@@H](n5cc(COc6cccc(-c7c8nc(c(-c9cccc(O)c9)c9ccc([n-]9)c(-c9cccc(O)c9)c9nc(c(-c%10cccc(O)c%10)c%10ccc7[n-]%10)CC9)C=C8)c6)nn5)CC[C@]4(C)[C@H]3C[C@H](O)[C@]12C.[Zn+2]. The van der Waals surface area contributed by atoms with E-state index >= 15 is 0 Å². The Morgan fingerprint density at radius 3 is 1.81 bits per heavy atom. The molecule has 10 atom stereocenters. The van der Waals surface area contributed by atoms with Crippen LogP contribution in [-0.4, -0.2) is 62.6 Å². The fourth-order valence-electron chi connectivity index (χ4n) is 17.0. The number of aliphatic carboxylic acids is 1. The number of hydrogen-bond acceptors (Lipinski definition) is 10. The van der Waals surface area contributed by atoms with Crippen LogP contribution in [0.5, 0.6) is 23.0 Å². The summed E-state index contributed by atoms with van der Waals surface area (Å²) in [5, 5.41) is 63.5. The van der Waals surface area contributed by atoms with Crippen LogP contribution in [0.2, 0.25) is 0 Å². The number of aliphatic hydroxyl groups is 1. The Labute approximate surface area is 513 Å². The molecule has 2 aliphatic heterocycles. The van der Waals surface area contributed by atoms with Gasteiger partial charge in [-0.1, -0.05) is 98.8 Å². The molecule has 4 aromatic carbocycles. The van der Waals surface area contributed by atoms with Crippen molar-refractivity contribution in [2.75, 3.05) is 0 Å². The smallest absolute Gasteiger partial charge is 0.657 e. The third kappa shape index (κ3) is 10.2. The summed E-state index contributed by atoms with van der Waals surface area (Å²) >= 11 is 0. The number of rotatable bonds is 12. The van der Waals surface area contributed by atoms with Crippen molar-refractivity contribution in [1.29, 1.82) is 0 Å². The van der Waals surface area contributed by atoms with Gasteiger partial charge in [-0.25, -0.2) is 9.67 Å². The minimum absolute atomic E-state index is 0. The van der Waals surface area contributed by atoms with E-state index in [0.717, 1.165) is 100 Å². The van der Waals surface area contributed by atoms with Crippen LogP contribution in [0.3, 0.4) is 0 Å². The van der Waals surface area contributed by atoms with E-state index in [2.05, 4.69) is 36.7 Å². The molecule has 14 nitrogen and oxygen atoms in total. The first-order chi connectivity index (χ1) is 41.2. The van der Waals surface area contributed by atoms with E-state index in [1.165, 1.54) is 12.8 Å². The Morgan fingerprint density at radius 1 is 0.674 bits per heavy atom. The standard InChI is InChI=1S/C71H72N7O7.Zn/c1-40(16-29-65(83)84)53-19-20-54-52-18-17-45-36-47(30-31-70(45,2)55(52)37-64(82)71(53,54)3)78-38-46(76-77-78)39-85-51-15-7-11-44(35-51)69-62-27-25-60(74-62)67(42-9-5-13-49(80)33-42)58-23-21-56(72-58)66(41-8-4-12-48(79)32-41)57-22-24-59(73-57)68(61-26-28-63(69)75-61)43-10-6-14-50(81)34-43;/h4-15,21,23,25-28,32-35,38,40,45,47,52-55,64,82H,16-20,22,24,29-31,36-37,39H2,1-3H3,(H5-,72,73,74,75,76,77,79,80,81,83,84);/q-1;+2/p-1/t40-,45-,47+,52+,53-,54+,55+,64+,70+,71-;/m1./s1. The number of benzene rings is 4. The van der Waals surface area contributed by atoms with Crippen molar-refractivity contribution in [1.82, 2.24) is 34.9 Å². The molecule has 0 spiro atoms. The van der Waals surface area contributed by atoms with Crippen LogP contribution in [0, 0.1) is 46.3 Å². The summed E-state index contributed by atoms with van der Waals surface area (Å²) in [4.78, 5) is 33.0. The predicted octanol–water partition coefficient (Wildman–Crippen LogP) is 14.2. The number of carbonyl (C=O) groups is 1. The van der Waals surface area contributed by atoms with Gasteiger partial charge >= 0.3 is 25.4 Å². The summed E-state index contributed by atoms with van der Waals surface area (Å²) in [6, 6.07) is 37.6. The third-order valence-electron chi connectivity index (χ3n) is 21.1. The van der Waals surface area contributed by atoms with Gasteiger partial charge in [-0.3, -0.25) is 9.78 Å². The molecular weight excluding hydrogens is 1130 g/mol. The van der Waals surface area contributed by atoms with E-state index < -0.39 is 5.97 Å². The number of carboxylic acids is 1. The number of aromatic hydroxyl groups is 3. The van der Waals surface area contributed by atoms with E-state index in [1.807, 2.05) is 97.1 Å². The Kier molecular flexibility index (Phi) is 15.1. The second kappa shape index (κ2) is 22.8. The van der Waals surface area contributed by atoms with Crippen molar-refractivity contribution in [3.05, 3.63) is 156 Å². The Balaban J connectivity index is 0.00000686. The van der Waals surface area contributed by atoms with Gasteiger partial charge in [0.2, 0.25) is 0 Å². The van der Waals surface area contributed by atoms with Gasteiger partial charge < -0.3 is 40.2 Å². The molecule has 6 aliphatic rings. The van der Waals surface area contributed by atoms with Crippen LogP contribution in [-0.2, 0) is 43.7 Å². The number of aryl methyl sites for hydroxylation is 2. The number of aliphatic hydroxyl groups excluding tert-OH is 1. The fourth-order valence-corrected chi connectivity index (χ4v) is 17.0. The van der Waals surface area contributed by atoms with Crippen LogP contribution >= 0.6 is 0 Å². The molecule has 4 fully saturated rings. The number of nitrogens with zero attached hydrogens (tertiary/aromatic N) is 7. The van der Waals surface area contributed by atoms with Gasteiger partial charge in [-0.15, -0.1) is 27.2 Å². The molecule has 0 radical (unpaired) electrons. The maximum atomic E-state index is 12.1. The van der Waals surface area contributed by atoms with Gasteiger partial charge in [0.25, 0.3) is 0 Å². The third-order valence-corrected chi connectivity index (χ3v) is 21.1. The van der Waals surface area contributed by atoms with Gasteiger partial charge in [-0.05, 0) is 222 Å². The number of hydrogen-bond donors (Lipinski definition) is 5. The first-order valence-electron chi connectivity index (χ1n) is 30.5. The normalized spacial score (nSPS) is 25.1. The van der Waals surface area contributed by atoms with Crippen LogP contribution in [0.25, 0.3) is 78.7 Å². The Bertz CT molecular complexity index is 4130. The zero-order valence-corrected chi connectivity index (χ0v) is 51.9.